The molecule has 0 radical (unpaired) electrons. The summed E-state index contributed by atoms with van der Waals surface area (Å²) in [4.78, 5) is 26.9. The summed E-state index contributed by atoms with van der Waals surface area (Å²) in [6.07, 6.45) is 6.74. The molecule has 5 nitrogen and oxygen atoms in total. The molecule has 2 atom stereocenters. The van der Waals surface area contributed by atoms with Crippen LogP contribution in [0.2, 0.25) is 0 Å². The van der Waals surface area contributed by atoms with E-state index < -0.39 is 18.2 Å². The van der Waals surface area contributed by atoms with Gasteiger partial charge in [-0.3, -0.25) is 10.1 Å². The molecule has 2 unspecified atom stereocenters. The van der Waals surface area contributed by atoms with Crippen LogP contribution in [-0.4, -0.2) is 29.4 Å². The molecule has 1 aliphatic rings. The Labute approximate surface area is 180 Å². The standard InChI is InChI=1S/C21H16Br2N2O3/c1-2-12-25-13-11-18(26)20(19(25)14-7-3-4-8-15(14)22)28-21(27)24-17-10-6-5-9-16(17)23/h1,3-11,13,19-20H,12H2,(H,24,27). The normalized spacial score (nSPS) is 18.5. The molecule has 3 rings (SSSR count). The molecule has 0 saturated heterocycles. The number of hydrogen-bond donors (Lipinski definition) is 1. The number of amides is 1. The van der Waals surface area contributed by atoms with Crippen LogP contribution in [0.1, 0.15) is 11.6 Å². The van der Waals surface area contributed by atoms with Crippen LogP contribution in [0.5, 0.6) is 0 Å². The fourth-order valence-electron chi connectivity index (χ4n) is 2.94. The van der Waals surface area contributed by atoms with Crippen LogP contribution in [0.3, 0.4) is 0 Å². The topological polar surface area (TPSA) is 58.6 Å². The van der Waals surface area contributed by atoms with E-state index in [1.807, 2.05) is 30.3 Å². The molecule has 28 heavy (non-hydrogen) atoms. The second-order valence-electron chi connectivity index (χ2n) is 5.99. The van der Waals surface area contributed by atoms with Gasteiger partial charge in [0.25, 0.3) is 0 Å². The van der Waals surface area contributed by atoms with E-state index in [0.717, 1.165) is 10.0 Å². The Morgan fingerprint density at radius 2 is 1.82 bits per heavy atom. The zero-order chi connectivity index (χ0) is 20.1. The molecule has 0 aromatic heterocycles. The Bertz CT molecular complexity index is 968. The van der Waals surface area contributed by atoms with Crippen molar-refractivity contribution in [3.8, 4) is 12.3 Å². The highest BCUT2D eigenvalue weighted by atomic mass is 79.9. The van der Waals surface area contributed by atoms with Crippen molar-refractivity contribution in [2.24, 2.45) is 0 Å². The third kappa shape index (κ3) is 4.46. The summed E-state index contributed by atoms with van der Waals surface area (Å²) in [5.74, 6) is 2.27. The summed E-state index contributed by atoms with van der Waals surface area (Å²) in [7, 11) is 0. The second kappa shape index (κ2) is 9.09. The van der Waals surface area contributed by atoms with Crippen LogP contribution in [-0.2, 0) is 9.53 Å². The number of benzene rings is 2. The molecule has 0 aliphatic carbocycles. The average molecular weight is 504 g/mol. The van der Waals surface area contributed by atoms with Crippen LogP contribution in [0, 0.1) is 12.3 Å². The van der Waals surface area contributed by atoms with E-state index >= 15 is 0 Å². The number of nitrogens with one attached hydrogen (secondary N) is 1. The predicted octanol–water partition coefficient (Wildman–Crippen LogP) is 4.90. The van der Waals surface area contributed by atoms with Crippen molar-refractivity contribution in [3.05, 3.63) is 75.3 Å². The lowest BCUT2D eigenvalue weighted by molar-refractivity contribution is -0.126. The minimum atomic E-state index is -1.04. The summed E-state index contributed by atoms with van der Waals surface area (Å²) >= 11 is 6.88. The number of halogens is 2. The number of para-hydroxylation sites is 1. The smallest absolute Gasteiger partial charge is 0.412 e. The zero-order valence-corrected chi connectivity index (χ0v) is 17.8. The van der Waals surface area contributed by atoms with E-state index in [9.17, 15) is 9.59 Å². The van der Waals surface area contributed by atoms with E-state index in [0.29, 0.717) is 10.2 Å². The van der Waals surface area contributed by atoms with E-state index in [2.05, 4.69) is 43.1 Å². The molecule has 1 N–H and O–H groups in total. The first-order valence-electron chi connectivity index (χ1n) is 8.39. The lowest BCUT2D eigenvalue weighted by Crippen LogP contribution is -2.44. The quantitative estimate of drug-likeness (QED) is 0.603. The molecule has 142 valence electrons. The SMILES string of the molecule is C#CCN1C=CC(=O)C(OC(=O)Nc2ccccc2Br)C1c1ccccc1Br. The van der Waals surface area contributed by atoms with Gasteiger partial charge in [0, 0.05) is 21.2 Å². The molecule has 0 spiro atoms. The number of ether oxygens (including phenoxy) is 1. The molecule has 0 fully saturated rings. The summed E-state index contributed by atoms with van der Waals surface area (Å²) < 4.78 is 7.06. The number of carbonyl (C=O) groups is 2. The highest BCUT2D eigenvalue weighted by molar-refractivity contribution is 9.10. The number of terminal acetylenes is 1. The predicted molar refractivity (Wildman–Crippen MR) is 115 cm³/mol. The highest BCUT2D eigenvalue weighted by Crippen LogP contribution is 2.35. The lowest BCUT2D eigenvalue weighted by atomic mass is 9.94. The summed E-state index contributed by atoms with van der Waals surface area (Å²) in [5, 5.41) is 2.66. The summed E-state index contributed by atoms with van der Waals surface area (Å²) in [6, 6.07) is 14.0. The highest BCUT2D eigenvalue weighted by Gasteiger charge is 2.38. The fraction of sp³-hybridized carbons (Fsp3) is 0.143. The van der Waals surface area contributed by atoms with Gasteiger partial charge < -0.3 is 9.64 Å². The Balaban J connectivity index is 1.89. The summed E-state index contributed by atoms with van der Waals surface area (Å²) in [6.45, 7) is 0.265. The van der Waals surface area contributed by atoms with Gasteiger partial charge >= 0.3 is 6.09 Å². The average Bonchev–Trinajstić information content (AvgIpc) is 2.67. The van der Waals surface area contributed by atoms with Crippen LogP contribution in [0.4, 0.5) is 10.5 Å². The number of rotatable bonds is 4. The first kappa shape index (κ1) is 20.2. The third-order valence-electron chi connectivity index (χ3n) is 4.20. The number of carbonyl (C=O) groups excluding carboxylic acids is 2. The summed E-state index contributed by atoms with van der Waals surface area (Å²) in [5.41, 5.74) is 1.35. The molecule has 0 saturated carbocycles. The number of nitrogens with zero attached hydrogens (tertiary/aromatic N) is 1. The molecule has 1 aliphatic heterocycles. The Morgan fingerprint density at radius 1 is 1.14 bits per heavy atom. The van der Waals surface area contributed by atoms with Crippen LogP contribution in [0.15, 0.2) is 69.8 Å². The van der Waals surface area contributed by atoms with Gasteiger partial charge in [-0.2, -0.15) is 0 Å². The fourth-order valence-corrected chi connectivity index (χ4v) is 3.84. The van der Waals surface area contributed by atoms with Crippen LogP contribution < -0.4 is 5.32 Å². The maximum absolute atomic E-state index is 12.6. The largest absolute Gasteiger partial charge is 0.435 e. The first-order chi connectivity index (χ1) is 13.5. The van der Waals surface area contributed by atoms with Crippen molar-refractivity contribution < 1.29 is 14.3 Å². The molecule has 2 aromatic carbocycles. The molecular formula is C21H16Br2N2O3. The third-order valence-corrected chi connectivity index (χ3v) is 5.61. The van der Waals surface area contributed by atoms with Gasteiger partial charge in [-0.25, -0.2) is 4.79 Å². The first-order valence-corrected chi connectivity index (χ1v) is 9.97. The Hall–Kier alpha value is -2.56. The Morgan fingerprint density at radius 3 is 2.50 bits per heavy atom. The van der Waals surface area contributed by atoms with E-state index in [4.69, 9.17) is 11.2 Å². The lowest BCUT2D eigenvalue weighted by Gasteiger charge is -2.37. The minimum Gasteiger partial charge on any atom is -0.435 e. The van der Waals surface area contributed by atoms with E-state index in [1.54, 1.807) is 29.3 Å². The van der Waals surface area contributed by atoms with Crippen molar-refractivity contribution in [3.63, 3.8) is 0 Å². The number of anilines is 1. The molecule has 7 heteroatoms. The monoisotopic (exact) mass is 502 g/mol. The van der Waals surface area contributed by atoms with E-state index in [-0.39, 0.29) is 12.3 Å². The van der Waals surface area contributed by atoms with Gasteiger partial charge in [-0.15, -0.1) is 6.42 Å². The minimum absolute atomic E-state index is 0.265. The molecule has 2 aromatic rings. The van der Waals surface area contributed by atoms with Gasteiger partial charge in [0.2, 0.25) is 0 Å². The Kier molecular flexibility index (Phi) is 6.55. The van der Waals surface area contributed by atoms with Gasteiger partial charge in [0.1, 0.15) is 6.04 Å². The van der Waals surface area contributed by atoms with Crippen molar-refractivity contribution in [1.82, 2.24) is 4.90 Å². The van der Waals surface area contributed by atoms with Gasteiger partial charge in [-0.1, -0.05) is 52.2 Å². The van der Waals surface area contributed by atoms with Gasteiger partial charge in [0.05, 0.1) is 12.2 Å². The van der Waals surface area contributed by atoms with Crippen molar-refractivity contribution in [2.45, 2.75) is 12.1 Å². The van der Waals surface area contributed by atoms with Crippen molar-refractivity contribution in [2.75, 3.05) is 11.9 Å². The van der Waals surface area contributed by atoms with Gasteiger partial charge in [-0.05, 0) is 39.7 Å². The molecule has 1 amide bonds. The number of hydrogen-bond acceptors (Lipinski definition) is 4. The molecular weight excluding hydrogens is 488 g/mol. The van der Waals surface area contributed by atoms with Crippen molar-refractivity contribution >= 4 is 49.4 Å². The van der Waals surface area contributed by atoms with Crippen LogP contribution >= 0.6 is 31.9 Å². The maximum atomic E-state index is 12.6. The number of ketones is 1. The second-order valence-corrected chi connectivity index (χ2v) is 7.70. The van der Waals surface area contributed by atoms with E-state index in [1.165, 1.54) is 6.08 Å². The molecule has 0 bridgehead atoms. The van der Waals surface area contributed by atoms with Gasteiger partial charge in [0.15, 0.2) is 11.9 Å². The maximum Gasteiger partial charge on any atom is 0.412 e. The zero-order valence-electron chi connectivity index (χ0n) is 14.6. The van der Waals surface area contributed by atoms with Crippen LogP contribution in [0.25, 0.3) is 0 Å². The van der Waals surface area contributed by atoms with Crippen molar-refractivity contribution in [1.29, 1.82) is 0 Å². The molecule has 1 heterocycles.